The summed E-state index contributed by atoms with van der Waals surface area (Å²) in [5, 5.41) is 4.13. The molecule has 0 saturated carbocycles. The van der Waals surface area contributed by atoms with Crippen LogP contribution in [0.5, 0.6) is 0 Å². The number of aryl methyl sites for hydroxylation is 3. The van der Waals surface area contributed by atoms with Gasteiger partial charge in [-0.25, -0.2) is 9.97 Å². The number of halogens is 2. The Labute approximate surface area is 136 Å². The Morgan fingerprint density at radius 1 is 1.24 bits per heavy atom. The second-order valence-electron chi connectivity index (χ2n) is 4.92. The van der Waals surface area contributed by atoms with E-state index in [4.69, 9.17) is 23.2 Å². The minimum atomic E-state index is 0.389. The van der Waals surface area contributed by atoms with Crippen LogP contribution in [0.1, 0.15) is 21.8 Å². The van der Waals surface area contributed by atoms with Crippen molar-refractivity contribution in [1.82, 2.24) is 14.4 Å². The Bertz CT molecular complexity index is 799. The van der Waals surface area contributed by atoms with E-state index in [1.807, 2.05) is 13.8 Å². The van der Waals surface area contributed by atoms with Crippen molar-refractivity contribution in [2.24, 2.45) is 0 Å². The maximum Gasteiger partial charge on any atom is 0.194 e. The molecule has 110 valence electrons. The lowest BCUT2D eigenvalue weighted by Gasteiger charge is -2.11. The summed E-state index contributed by atoms with van der Waals surface area (Å²) in [5.41, 5.74) is 3.92. The summed E-state index contributed by atoms with van der Waals surface area (Å²) in [4.78, 5) is 10.9. The van der Waals surface area contributed by atoms with Gasteiger partial charge in [0, 0.05) is 11.1 Å². The fourth-order valence-corrected chi connectivity index (χ4v) is 3.79. The maximum atomic E-state index is 6.16. The number of hydrogen-bond acceptors (Lipinski definition) is 4. The van der Waals surface area contributed by atoms with Gasteiger partial charge in [-0.3, -0.25) is 4.40 Å². The van der Waals surface area contributed by atoms with Gasteiger partial charge in [-0.15, -0.1) is 11.3 Å². The van der Waals surface area contributed by atoms with Crippen LogP contribution in [0.25, 0.3) is 4.96 Å². The minimum absolute atomic E-state index is 0.389. The molecular formula is C14H14Cl2N4S. The van der Waals surface area contributed by atoms with E-state index in [1.54, 1.807) is 17.4 Å². The quantitative estimate of drug-likeness (QED) is 0.706. The molecule has 0 aliphatic heterocycles. The Balaban J connectivity index is 1.92. The largest absolute Gasteiger partial charge is 0.377 e. The zero-order valence-electron chi connectivity index (χ0n) is 11.9. The first-order valence-electron chi connectivity index (χ1n) is 6.46. The fourth-order valence-electron chi connectivity index (χ4n) is 2.30. The van der Waals surface area contributed by atoms with E-state index >= 15 is 0 Å². The lowest BCUT2D eigenvalue weighted by Crippen LogP contribution is -2.06. The molecule has 7 heteroatoms. The molecule has 0 fully saturated rings. The summed E-state index contributed by atoms with van der Waals surface area (Å²) < 4.78 is 2.12. The molecule has 0 amide bonds. The predicted octanol–water partition coefficient (Wildman–Crippen LogP) is 4.63. The van der Waals surface area contributed by atoms with Crippen LogP contribution < -0.4 is 5.32 Å². The van der Waals surface area contributed by atoms with E-state index in [9.17, 15) is 0 Å². The number of hydrogen-bond donors (Lipinski definition) is 1. The van der Waals surface area contributed by atoms with Crippen molar-refractivity contribution < 1.29 is 0 Å². The van der Waals surface area contributed by atoms with Gasteiger partial charge in [0.15, 0.2) is 10.1 Å². The van der Waals surface area contributed by atoms with Gasteiger partial charge in [0.25, 0.3) is 0 Å². The lowest BCUT2D eigenvalue weighted by atomic mass is 10.2. The third kappa shape index (κ3) is 2.73. The highest BCUT2D eigenvalue weighted by atomic mass is 35.5. The highest BCUT2D eigenvalue weighted by Crippen LogP contribution is 2.28. The molecule has 0 aliphatic rings. The fraction of sp³-hybridized carbons (Fsp3) is 0.286. The van der Waals surface area contributed by atoms with E-state index in [2.05, 4.69) is 32.8 Å². The number of imidazole rings is 1. The van der Waals surface area contributed by atoms with Crippen LogP contribution >= 0.6 is 34.5 Å². The Kier molecular flexibility index (Phi) is 3.82. The monoisotopic (exact) mass is 340 g/mol. The molecule has 3 aromatic rings. The average molecular weight is 341 g/mol. The van der Waals surface area contributed by atoms with Crippen LogP contribution in [-0.2, 0) is 6.54 Å². The smallest absolute Gasteiger partial charge is 0.194 e. The van der Waals surface area contributed by atoms with Gasteiger partial charge < -0.3 is 5.32 Å². The van der Waals surface area contributed by atoms with E-state index in [1.165, 1.54) is 4.88 Å². The predicted molar refractivity (Wildman–Crippen MR) is 88.9 cm³/mol. The van der Waals surface area contributed by atoms with Crippen LogP contribution in [0, 0.1) is 20.8 Å². The zero-order chi connectivity index (χ0) is 15.1. The van der Waals surface area contributed by atoms with Crippen LogP contribution in [0.15, 0.2) is 12.3 Å². The number of nitrogens with one attached hydrogen (secondary N) is 1. The second-order valence-corrected chi connectivity index (χ2v) is 6.88. The summed E-state index contributed by atoms with van der Waals surface area (Å²) >= 11 is 13.7. The number of anilines is 1. The average Bonchev–Trinajstić information content (AvgIpc) is 2.84. The molecule has 0 radical (unpaired) electrons. The first-order chi connectivity index (χ1) is 9.95. The lowest BCUT2D eigenvalue weighted by molar-refractivity contribution is 0.987. The molecule has 0 atom stereocenters. The molecular weight excluding hydrogens is 327 g/mol. The van der Waals surface area contributed by atoms with Crippen molar-refractivity contribution in [1.29, 1.82) is 0 Å². The van der Waals surface area contributed by atoms with Gasteiger partial charge in [0.2, 0.25) is 0 Å². The number of fused-ring (bicyclic) bond motifs is 1. The molecule has 1 N–H and O–H groups in total. The molecule has 3 aromatic heterocycles. The molecule has 0 unspecified atom stereocenters. The van der Waals surface area contributed by atoms with E-state index < -0.39 is 0 Å². The minimum Gasteiger partial charge on any atom is -0.377 e. The number of thiazole rings is 1. The van der Waals surface area contributed by atoms with E-state index in [-0.39, 0.29) is 0 Å². The second kappa shape index (κ2) is 5.48. The summed E-state index contributed by atoms with van der Waals surface area (Å²) in [6.45, 7) is 6.68. The van der Waals surface area contributed by atoms with Gasteiger partial charge in [-0.1, -0.05) is 23.2 Å². The summed E-state index contributed by atoms with van der Waals surface area (Å²) in [6, 6.07) is 1.79. The molecule has 0 aliphatic carbocycles. The number of nitrogens with zero attached hydrogens (tertiary/aromatic N) is 3. The molecule has 3 heterocycles. The molecule has 0 saturated heterocycles. The number of pyridine rings is 1. The molecule has 3 rings (SSSR count). The molecule has 0 spiro atoms. The van der Waals surface area contributed by atoms with Crippen molar-refractivity contribution in [3.63, 3.8) is 0 Å². The normalized spacial score (nSPS) is 11.3. The van der Waals surface area contributed by atoms with Crippen LogP contribution in [0.4, 0.5) is 5.69 Å². The topological polar surface area (TPSA) is 42.2 Å². The highest BCUT2D eigenvalue weighted by Gasteiger charge is 2.13. The van der Waals surface area contributed by atoms with Crippen LogP contribution in [0.3, 0.4) is 0 Å². The SMILES string of the molecule is Cc1cn2c(CNc3c(C)cc(Cl)nc3Cl)c(C)nc2s1. The van der Waals surface area contributed by atoms with Crippen molar-refractivity contribution in [2.75, 3.05) is 5.32 Å². The number of aromatic nitrogens is 3. The van der Waals surface area contributed by atoms with Crippen molar-refractivity contribution in [3.05, 3.63) is 44.4 Å². The first kappa shape index (κ1) is 14.6. The number of rotatable bonds is 3. The maximum absolute atomic E-state index is 6.16. The van der Waals surface area contributed by atoms with Gasteiger partial charge in [-0.05, 0) is 32.4 Å². The standard InChI is InChI=1S/C14H14Cl2N4S/c1-7-4-11(15)19-13(16)12(7)17-5-10-9(3)18-14-20(10)6-8(2)21-14/h4,6,17H,5H2,1-3H3. The van der Waals surface area contributed by atoms with Gasteiger partial charge in [0.1, 0.15) is 5.15 Å². The van der Waals surface area contributed by atoms with Crippen LogP contribution in [-0.4, -0.2) is 14.4 Å². The first-order valence-corrected chi connectivity index (χ1v) is 8.03. The molecule has 21 heavy (non-hydrogen) atoms. The van der Waals surface area contributed by atoms with Crippen LogP contribution in [0.2, 0.25) is 10.3 Å². The summed E-state index contributed by atoms with van der Waals surface area (Å²) in [6.07, 6.45) is 2.10. The molecule has 4 nitrogen and oxygen atoms in total. The Morgan fingerprint density at radius 2 is 2.00 bits per heavy atom. The summed E-state index contributed by atoms with van der Waals surface area (Å²) in [7, 11) is 0. The van der Waals surface area contributed by atoms with E-state index in [0.717, 1.165) is 27.6 Å². The molecule has 0 aromatic carbocycles. The third-order valence-electron chi connectivity index (χ3n) is 3.31. The van der Waals surface area contributed by atoms with Gasteiger partial charge in [0.05, 0.1) is 23.6 Å². The van der Waals surface area contributed by atoms with Gasteiger partial charge >= 0.3 is 0 Å². The Hall–Kier alpha value is -1.30. The van der Waals surface area contributed by atoms with Crippen molar-refractivity contribution in [3.8, 4) is 0 Å². The van der Waals surface area contributed by atoms with Crippen molar-refractivity contribution in [2.45, 2.75) is 27.3 Å². The summed E-state index contributed by atoms with van der Waals surface area (Å²) in [5.74, 6) is 0. The third-order valence-corrected chi connectivity index (χ3v) is 4.68. The zero-order valence-corrected chi connectivity index (χ0v) is 14.2. The van der Waals surface area contributed by atoms with E-state index in [0.29, 0.717) is 16.9 Å². The van der Waals surface area contributed by atoms with Crippen molar-refractivity contribution >= 4 is 45.2 Å². The Morgan fingerprint density at radius 3 is 2.71 bits per heavy atom. The van der Waals surface area contributed by atoms with Gasteiger partial charge in [-0.2, -0.15) is 0 Å². The molecule has 0 bridgehead atoms. The highest BCUT2D eigenvalue weighted by molar-refractivity contribution is 7.17.